The second kappa shape index (κ2) is 6.87. The Morgan fingerprint density at radius 2 is 2.21 bits per heavy atom. The molecule has 0 aromatic carbocycles. The zero-order chi connectivity index (χ0) is 13.7. The first-order chi connectivity index (χ1) is 9.26. The first-order valence-corrected chi connectivity index (χ1v) is 7.27. The maximum atomic E-state index is 9.76. The first-order valence-electron chi connectivity index (χ1n) is 7.27. The Morgan fingerprint density at radius 3 is 2.84 bits per heavy atom. The summed E-state index contributed by atoms with van der Waals surface area (Å²) in [6.07, 6.45) is 6.63. The Labute approximate surface area is 115 Å². The Bertz CT molecular complexity index is 380. The van der Waals surface area contributed by atoms with Crippen LogP contribution < -0.4 is 4.90 Å². The molecule has 0 saturated carbocycles. The SMILES string of the molecule is CC[C@@H](O)c1ccc(N2CCCCCC2CO)cn1. The van der Waals surface area contributed by atoms with Crippen LogP contribution in [0.1, 0.15) is 50.8 Å². The van der Waals surface area contributed by atoms with Gasteiger partial charge in [-0.2, -0.15) is 0 Å². The number of aromatic nitrogens is 1. The summed E-state index contributed by atoms with van der Waals surface area (Å²) in [6, 6.07) is 4.10. The molecular weight excluding hydrogens is 240 g/mol. The quantitative estimate of drug-likeness (QED) is 0.876. The van der Waals surface area contributed by atoms with Gasteiger partial charge in [-0.15, -0.1) is 0 Å². The molecule has 0 spiro atoms. The number of aliphatic hydroxyl groups excluding tert-OH is 2. The molecule has 4 nitrogen and oxygen atoms in total. The number of rotatable bonds is 4. The van der Waals surface area contributed by atoms with E-state index in [4.69, 9.17) is 0 Å². The molecule has 106 valence electrons. The van der Waals surface area contributed by atoms with Crippen LogP contribution in [0.25, 0.3) is 0 Å². The van der Waals surface area contributed by atoms with Gasteiger partial charge in [-0.3, -0.25) is 4.98 Å². The Balaban J connectivity index is 2.14. The predicted molar refractivity (Wildman–Crippen MR) is 76.2 cm³/mol. The van der Waals surface area contributed by atoms with Gasteiger partial charge in [0.2, 0.25) is 0 Å². The van der Waals surface area contributed by atoms with Crippen molar-refractivity contribution in [1.82, 2.24) is 4.98 Å². The zero-order valence-electron chi connectivity index (χ0n) is 11.6. The highest BCUT2D eigenvalue weighted by atomic mass is 16.3. The lowest BCUT2D eigenvalue weighted by Gasteiger charge is -2.30. The molecule has 1 aliphatic heterocycles. The Kier molecular flexibility index (Phi) is 5.16. The van der Waals surface area contributed by atoms with Crippen molar-refractivity contribution >= 4 is 5.69 Å². The molecular formula is C15H24N2O2. The van der Waals surface area contributed by atoms with Crippen molar-refractivity contribution in [3.05, 3.63) is 24.0 Å². The van der Waals surface area contributed by atoms with Gasteiger partial charge in [0.05, 0.1) is 36.3 Å². The van der Waals surface area contributed by atoms with E-state index in [0.717, 1.165) is 30.8 Å². The lowest BCUT2D eigenvalue weighted by molar-refractivity contribution is 0.169. The van der Waals surface area contributed by atoms with Gasteiger partial charge in [-0.05, 0) is 31.4 Å². The fraction of sp³-hybridized carbons (Fsp3) is 0.667. The third-order valence-electron chi connectivity index (χ3n) is 3.92. The minimum atomic E-state index is -0.480. The summed E-state index contributed by atoms with van der Waals surface area (Å²) in [7, 11) is 0. The van der Waals surface area contributed by atoms with E-state index in [1.54, 1.807) is 0 Å². The molecule has 2 heterocycles. The molecule has 19 heavy (non-hydrogen) atoms. The second-order valence-corrected chi connectivity index (χ2v) is 5.24. The van der Waals surface area contributed by atoms with Crippen molar-refractivity contribution in [2.75, 3.05) is 18.1 Å². The van der Waals surface area contributed by atoms with Gasteiger partial charge in [0, 0.05) is 6.54 Å². The van der Waals surface area contributed by atoms with Gasteiger partial charge >= 0.3 is 0 Å². The van der Waals surface area contributed by atoms with Gasteiger partial charge in [0.15, 0.2) is 0 Å². The molecule has 0 aliphatic carbocycles. The van der Waals surface area contributed by atoms with Crippen LogP contribution in [0, 0.1) is 0 Å². The van der Waals surface area contributed by atoms with E-state index in [0.29, 0.717) is 6.42 Å². The highest BCUT2D eigenvalue weighted by Crippen LogP contribution is 2.24. The molecule has 4 heteroatoms. The molecule has 1 fully saturated rings. The van der Waals surface area contributed by atoms with Crippen LogP contribution in [0.5, 0.6) is 0 Å². The van der Waals surface area contributed by atoms with Crippen LogP contribution in [-0.4, -0.2) is 34.4 Å². The van der Waals surface area contributed by atoms with E-state index < -0.39 is 6.10 Å². The van der Waals surface area contributed by atoms with Crippen molar-refractivity contribution in [2.45, 2.75) is 51.2 Å². The van der Waals surface area contributed by atoms with Gasteiger partial charge in [0.25, 0.3) is 0 Å². The summed E-state index contributed by atoms with van der Waals surface area (Å²) in [5.74, 6) is 0. The van der Waals surface area contributed by atoms with Gasteiger partial charge in [0.1, 0.15) is 0 Å². The fourth-order valence-corrected chi connectivity index (χ4v) is 2.68. The largest absolute Gasteiger partial charge is 0.394 e. The predicted octanol–water partition coefficient (Wildman–Crippen LogP) is 2.27. The van der Waals surface area contributed by atoms with E-state index in [9.17, 15) is 10.2 Å². The standard InChI is InChI=1S/C15H24N2O2/c1-2-15(19)14-8-7-12(10-16-14)17-9-5-3-4-6-13(17)11-18/h7-8,10,13,15,18-19H,2-6,9,11H2,1H3/t13?,15-/m1/s1. The van der Waals surface area contributed by atoms with E-state index >= 15 is 0 Å². The van der Waals surface area contributed by atoms with Gasteiger partial charge in [-0.1, -0.05) is 19.8 Å². The van der Waals surface area contributed by atoms with Crippen LogP contribution in [0.15, 0.2) is 18.3 Å². The molecule has 1 saturated heterocycles. The van der Waals surface area contributed by atoms with Gasteiger partial charge in [-0.25, -0.2) is 0 Å². The molecule has 1 aromatic heterocycles. The lowest BCUT2D eigenvalue weighted by atomic mass is 10.1. The highest BCUT2D eigenvalue weighted by Gasteiger charge is 2.21. The summed E-state index contributed by atoms with van der Waals surface area (Å²) < 4.78 is 0. The topological polar surface area (TPSA) is 56.6 Å². The molecule has 1 aromatic rings. The highest BCUT2D eigenvalue weighted by molar-refractivity contribution is 5.46. The maximum absolute atomic E-state index is 9.76. The fourth-order valence-electron chi connectivity index (χ4n) is 2.68. The van der Waals surface area contributed by atoms with Crippen LogP contribution >= 0.6 is 0 Å². The molecule has 1 unspecified atom stereocenters. The minimum Gasteiger partial charge on any atom is -0.394 e. The average molecular weight is 264 g/mol. The number of anilines is 1. The van der Waals surface area contributed by atoms with Crippen molar-refractivity contribution in [3.8, 4) is 0 Å². The lowest BCUT2D eigenvalue weighted by Crippen LogP contribution is -2.37. The summed E-state index contributed by atoms with van der Waals surface area (Å²) in [5, 5.41) is 19.3. The maximum Gasteiger partial charge on any atom is 0.0957 e. The molecule has 0 bridgehead atoms. The summed E-state index contributed by atoms with van der Waals surface area (Å²) in [6.45, 7) is 3.11. The van der Waals surface area contributed by atoms with Crippen LogP contribution in [0.3, 0.4) is 0 Å². The van der Waals surface area contributed by atoms with Crippen LogP contribution in [0.2, 0.25) is 0 Å². The Hall–Kier alpha value is -1.13. The van der Waals surface area contributed by atoms with Gasteiger partial charge < -0.3 is 15.1 Å². The van der Waals surface area contributed by atoms with Crippen LogP contribution in [-0.2, 0) is 0 Å². The zero-order valence-corrected chi connectivity index (χ0v) is 11.6. The summed E-state index contributed by atoms with van der Waals surface area (Å²) in [5.41, 5.74) is 1.77. The number of hydrogen-bond acceptors (Lipinski definition) is 4. The third-order valence-corrected chi connectivity index (χ3v) is 3.92. The smallest absolute Gasteiger partial charge is 0.0957 e. The summed E-state index contributed by atoms with van der Waals surface area (Å²) in [4.78, 5) is 6.60. The molecule has 0 radical (unpaired) electrons. The molecule has 2 rings (SSSR count). The first kappa shape index (κ1) is 14.3. The second-order valence-electron chi connectivity index (χ2n) is 5.24. The number of nitrogens with zero attached hydrogens (tertiary/aromatic N) is 2. The number of hydrogen-bond donors (Lipinski definition) is 2. The van der Waals surface area contributed by atoms with Crippen LogP contribution in [0.4, 0.5) is 5.69 Å². The average Bonchev–Trinajstić information content (AvgIpc) is 2.71. The molecule has 2 N–H and O–H groups in total. The molecule has 1 aliphatic rings. The van der Waals surface area contributed by atoms with Crippen molar-refractivity contribution in [2.24, 2.45) is 0 Å². The van der Waals surface area contributed by atoms with Crippen molar-refractivity contribution in [1.29, 1.82) is 0 Å². The monoisotopic (exact) mass is 264 g/mol. The summed E-state index contributed by atoms with van der Waals surface area (Å²) >= 11 is 0. The molecule has 2 atom stereocenters. The normalized spacial score (nSPS) is 22.1. The number of aliphatic hydroxyl groups is 2. The Morgan fingerprint density at radius 1 is 1.37 bits per heavy atom. The third kappa shape index (κ3) is 3.45. The van der Waals surface area contributed by atoms with Crippen molar-refractivity contribution in [3.63, 3.8) is 0 Å². The minimum absolute atomic E-state index is 0.194. The number of pyridine rings is 1. The van der Waals surface area contributed by atoms with E-state index in [1.807, 2.05) is 25.3 Å². The van der Waals surface area contributed by atoms with E-state index in [2.05, 4.69) is 9.88 Å². The van der Waals surface area contributed by atoms with E-state index in [1.165, 1.54) is 12.8 Å². The van der Waals surface area contributed by atoms with E-state index in [-0.39, 0.29) is 12.6 Å². The molecule has 0 amide bonds. The van der Waals surface area contributed by atoms with Crippen molar-refractivity contribution < 1.29 is 10.2 Å².